The molecule has 0 aliphatic heterocycles. The van der Waals surface area contributed by atoms with E-state index < -0.39 is 12.1 Å². The van der Waals surface area contributed by atoms with Gasteiger partial charge in [0.05, 0.1) is 0 Å². The van der Waals surface area contributed by atoms with Gasteiger partial charge in [0, 0.05) is 0 Å². The summed E-state index contributed by atoms with van der Waals surface area (Å²) in [5, 5.41) is 0.352. The van der Waals surface area contributed by atoms with Crippen molar-refractivity contribution in [2.75, 3.05) is 6.61 Å². The Hall–Kier alpha value is -1.26. The highest BCUT2D eigenvalue weighted by atomic mass is 35.5. The fourth-order valence-corrected chi connectivity index (χ4v) is 1.37. The van der Waals surface area contributed by atoms with Gasteiger partial charge in [-0.05, 0) is 19.1 Å². The second-order valence-electron chi connectivity index (χ2n) is 3.10. The van der Waals surface area contributed by atoms with E-state index in [1.54, 1.807) is 6.92 Å². The molecule has 0 bridgehead atoms. The number of ether oxygens (including phenoxy) is 2. The normalized spacial score (nSPS) is 11.7. The number of hydrogen-bond donors (Lipinski definition) is 0. The fraction of sp³-hybridized carbons (Fsp3) is 0.273. The van der Waals surface area contributed by atoms with Gasteiger partial charge in [-0.1, -0.05) is 35.9 Å². The van der Waals surface area contributed by atoms with E-state index in [2.05, 4.69) is 11.6 Å². The van der Waals surface area contributed by atoms with Crippen molar-refractivity contribution in [3.05, 3.63) is 35.1 Å². The van der Waals surface area contributed by atoms with Crippen LogP contribution in [0.4, 0.5) is 0 Å². The van der Waals surface area contributed by atoms with Crippen molar-refractivity contribution in [2.24, 2.45) is 0 Å². The summed E-state index contributed by atoms with van der Waals surface area (Å²) in [6.07, 6.45) is 0.692. The third kappa shape index (κ3) is 4.24. The van der Waals surface area contributed by atoms with Gasteiger partial charge in [-0.3, -0.25) is 0 Å². The highest BCUT2D eigenvalue weighted by molar-refractivity contribution is 6.33. The van der Waals surface area contributed by atoms with Crippen LogP contribution in [0.25, 0.3) is 0 Å². The van der Waals surface area contributed by atoms with Crippen molar-refractivity contribution >= 4 is 29.2 Å². The predicted octanol–water partition coefficient (Wildman–Crippen LogP) is 2.88. The molecular weight excluding hydrogens is 265 g/mol. The molecule has 0 aromatic carbocycles. The predicted molar refractivity (Wildman–Crippen MR) is 65.5 cm³/mol. The van der Waals surface area contributed by atoms with Gasteiger partial charge in [-0.2, -0.15) is 0 Å². The third-order valence-electron chi connectivity index (χ3n) is 1.76. The Morgan fingerprint density at radius 1 is 1.59 bits per heavy atom. The summed E-state index contributed by atoms with van der Waals surface area (Å²) in [4.78, 5) is 15.2. The van der Waals surface area contributed by atoms with E-state index in [4.69, 9.17) is 32.7 Å². The van der Waals surface area contributed by atoms with Crippen LogP contribution in [0, 0.1) is 0 Å². The summed E-state index contributed by atoms with van der Waals surface area (Å²) >= 11 is 11.4. The highest BCUT2D eigenvalue weighted by Gasteiger charge is 2.17. The van der Waals surface area contributed by atoms with Crippen molar-refractivity contribution in [1.82, 2.24) is 4.98 Å². The number of nitrogens with zero attached hydrogens (tertiary/aromatic N) is 1. The first-order chi connectivity index (χ1) is 8.04. The molecule has 0 aliphatic rings. The second-order valence-corrected chi connectivity index (χ2v) is 3.85. The zero-order chi connectivity index (χ0) is 12.8. The molecule has 0 amide bonds. The first kappa shape index (κ1) is 13.8. The first-order valence-electron chi connectivity index (χ1n) is 4.81. The molecule has 0 radical (unpaired) electrons. The van der Waals surface area contributed by atoms with Gasteiger partial charge in [-0.25, -0.2) is 9.78 Å². The third-order valence-corrected chi connectivity index (χ3v) is 2.24. The summed E-state index contributed by atoms with van der Waals surface area (Å²) in [5.74, 6) is -0.227. The molecule has 1 atom stereocenters. The molecule has 1 rings (SSSR count). The molecule has 92 valence electrons. The van der Waals surface area contributed by atoms with Gasteiger partial charge in [0.1, 0.15) is 11.8 Å². The Kier molecular flexibility index (Phi) is 5.25. The monoisotopic (exact) mass is 275 g/mol. The molecule has 1 unspecified atom stereocenters. The molecule has 0 N–H and O–H groups in total. The quantitative estimate of drug-likeness (QED) is 0.471. The van der Waals surface area contributed by atoms with Gasteiger partial charge in [-0.15, -0.1) is 0 Å². The van der Waals surface area contributed by atoms with Crippen LogP contribution in [0.5, 0.6) is 5.75 Å². The number of rotatable bonds is 5. The molecule has 0 saturated heterocycles. The molecule has 0 saturated carbocycles. The van der Waals surface area contributed by atoms with Crippen molar-refractivity contribution in [3.8, 4) is 5.75 Å². The molecule has 1 aromatic heterocycles. The highest BCUT2D eigenvalue weighted by Crippen LogP contribution is 2.24. The molecule has 6 heteroatoms. The van der Waals surface area contributed by atoms with Crippen LogP contribution in [-0.2, 0) is 9.53 Å². The van der Waals surface area contributed by atoms with E-state index in [9.17, 15) is 4.79 Å². The molecule has 0 aliphatic carbocycles. The van der Waals surface area contributed by atoms with Crippen LogP contribution in [0.3, 0.4) is 0 Å². The van der Waals surface area contributed by atoms with E-state index in [0.717, 1.165) is 0 Å². The Labute approximate surface area is 109 Å². The van der Waals surface area contributed by atoms with Crippen molar-refractivity contribution in [3.63, 3.8) is 0 Å². The topological polar surface area (TPSA) is 48.4 Å². The van der Waals surface area contributed by atoms with E-state index in [0.29, 0.717) is 0 Å². The van der Waals surface area contributed by atoms with Crippen molar-refractivity contribution < 1.29 is 14.3 Å². The largest absolute Gasteiger partial charge is 0.476 e. The summed E-state index contributed by atoms with van der Waals surface area (Å²) in [6, 6.07) is 3.06. The van der Waals surface area contributed by atoms with E-state index in [1.165, 1.54) is 18.2 Å². The van der Waals surface area contributed by atoms with Gasteiger partial charge >= 0.3 is 5.97 Å². The number of halogens is 2. The SMILES string of the molecule is C=CCOC(=O)C(C)Oc1ccc(Cl)nc1Cl. The Balaban J connectivity index is 2.64. The van der Waals surface area contributed by atoms with Crippen LogP contribution in [-0.4, -0.2) is 23.7 Å². The smallest absolute Gasteiger partial charge is 0.347 e. The lowest BCUT2D eigenvalue weighted by Gasteiger charge is -2.13. The standard InChI is InChI=1S/C11H11Cl2NO3/c1-3-6-16-11(15)7(2)17-8-4-5-9(12)14-10(8)13/h3-5,7H,1,6H2,2H3. The maximum Gasteiger partial charge on any atom is 0.347 e. The van der Waals surface area contributed by atoms with E-state index in [1.807, 2.05) is 0 Å². The van der Waals surface area contributed by atoms with E-state index >= 15 is 0 Å². The molecular formula is C11H11Cl2NO3. The number of carbonyl (C=O) groups excluding carboxylic acids is 1. The number of pyridine rings is 1. The molecule has 4 nitrogen and oxygen atoms in total. The molecule has 1 heterocycles. The number of hydrogen-bond acceptors (Lipinski definition) is 4. The van der Waals surface area contributed by atoms with Gasteiger partial charge in [0.2, 0.25) is 0 Å². The second kappa shape index (κ2) is 6.47. The Morgan fingerprint density at radius 3 is 2.88 bits per heavy atom. The molecule has 0 spiro atoms. The minimum Gasteiger partial charge on any atom is -0.476 e. The number of carbonyl (C=O) groups is 1. The minimum absolute atomic E-state index is 0.0980. The van der Waals surface area contributed by atoms with Crippen LogP contribution in [0.2, 0.25) is 10.3 Å². The average Bonchev–Trinajstić information content (AvgIpc) is 2.29. The van der Waals surface area contributed by atoms with Crippen LogP contribution in [0.15, 0.2) is 24.8 Å². The lowest BCUT2D eigenvalue weighted by atomic mass is 10.4. The summed E-state index contributed by atoms with van der Waals surface area (Å²) in [6.45, 7) is 5.13. The number of aromatic nitrogens is 1. The first-order valence-corrected chi connectivity index (χ1v) is 5.56. The molecule has 0 fully saturated rings. The summed E-state index contributed by atoms with van der Waals surface area (Å²) < 4.78 is 10.1. The molecule has 1 aromatic rings. The van der Waals surface area contributed by atoms with Crippen LogP contribution in [0.1, 0.15) is 6.92 Å². The Bertz CT molecular complexity index is 423. The van der Waals surface area contributed by atoms with Gasteiger partial charge in [0.25, 0.3) is 0 Å². The lowest BCUT2D eigenvalue weighted by molar-refractivity contribution is -0.149. The Morgan fingerprint density at radius 2 is 2.29 bits per heavy atom. The minimum atomic E-state index is -0.782. The number of esters is 1. The maximum absolute atomic E-state index is 11.4. The summed E-state index contributed by atoms with van der Waals surface area (Å²) in [5.41, 5.74) is 0. The van der Waals surface area contributed by atoms with Crippen molar-refractivity contribution in [2.45, 2.75) is 13.0 Å². The maximum atomic E-state index is 11.4. The van der Waals surface area contributed by atoms with Crippen molar-refractivity contribution in [1.29, 1.82) is 0 Å². The van der Waals surface area contributed by atoms with Crippen LogP contribution < -0.4 is 4.74 Å². The molecule has 17 heavy (non-hydrogen) atoms. The van der Waals surface area contributed by atoms with Crippen LogP contribution >= 0.6 is 23.2 Å². The van der Waals surface area contributed by atoms with E-state index in [-0.39, 0.29) is 22.7 Å². The summed E-state index contributed by atoms with van der Waals surface area (Å²) in [7, 11) is 0. The van der Waals surface area contributed by atoms with Gasteiger partial charge in [0.15, 0.2) is 17.0 Å². The lowest BCUT2D eigenvalue weighted by Crippen LogP contribution is -2.26. The fourth-order valence-electron chi connectivity index (χ4n) is 0.984. The average molecular weight is 276 g/mol. The zero-order valence-electron chi connectivity index (χ0n) is 9.15. The zero-order valence-corrected chi connectivity index (χ0v) is 10.7. The van der Waals surface area contributed by atoms with Gasteiger partial charge < -0.3 is 9.47 Å².